The lowest BCUT2D eigenvalue weighted by Crippen LogP contribution is -2.37. The molecule has 0 bridgehead atoms. The fourth-order valence-corrected chi connectivity index (χ4v) is 3.89. The van der Waals surface area contributed by atoms with E-state index in [9.17, 15) is 12.8 Å². The maximum atomic E-state index is 12.9. The fourth-order valence-electron chi connectivity index (χ4n) is 2.63. The Kier molecular flexibility index (Phi) is 4.63. The van der Waals surface area contributed by atoms with Crippen LogP contribution in [0.2, 0.25) is 0 Å². The molecular formula is C15H17FN4O3S. The SMILES string of the molecule is COc1nccnc1N1CCC(NS(=O)(=O)c2ccc(F)cc2)C1. The molecule has 1 saturated heterocycles. The van der Waals surface area contributed by atoms with E-state index in [4.69, 9.17) is 4.74 Å². The predicted octanol–water partition coefficient (Wildman–Crippen LogP) is 1.18. The Hall–Kier alpha value is -2.26. The lowest BCUT2D eigenvalue weighted by atomic mass is 10.3. The first-order chi connectivity index (χ1) is 11.5. The van der Waals surface area contributed by atoms with Crippen LogP contribution in [0.1, 0.15) is 6.42 Å². The minimum atomic E-state index is -3.69. The van der Waals surface area contributed by atoms with Crippen molar-refractivity contribution in [2.24, 2.45) is 0 Å². The van der Waals surface area contributed by atoms with Gasteiger partial charge in [-0.3, -0.25) is 0 Å². The average Bonchev–Trinajstić information content (AvgIpc) is 3.02. The summed E-state index contributed by atoms with van der Waals surface area (Å²) in [5.74, 6) is 0.513. The molecule has 9 heteroatoms. The Morgan fingerprint density at radius 1 is 1.25 bits per heavy atom. The monoisotopic (exact) mass is 352 g/mol. The van der Waals surface area contributed by atoms with Crippen LogP contribution in [0, 0.1) is 5.82 Å². The summed E-state index contributed by atoms with van der Waals surface area (Å²) in [5, 5.41) is 0. The van der Waals surface area contributed by atoms with Crippen molar-refractivity contribution in [2.45, 2.75) is 17.4 Å². The molecule has 2 heterocycles. The van der Waals surface area contributed by atoms with E-state index in [1.165, 1.54) is 25.4 Å². The molecule has 0 spiro atoms. The van der Waals surface area contributed by atoms with Gasteiger partial charge in [0.05, 0.1) is 12.0 Å². The van der Waals surface area contributed by atoms with Crippen molar-refractivity contribution in [3.8, 4) is 5.88 Å². The summed E-state index contributed by atoms with van der Waals surface area (Å²) < 4.78 is 45.5. The number of hydrogen-bond acceptors (Lipinski definition) is 6. The molecule has 1 N–H and O–H groups in total. The number of methoxy groups -OCH3 is 1. The average molecular weight is 352 g/mol. The molecule has 0 aliphatic carbocycles. The summed E-state index contributed by atoms with van der Waals surface area (Å²) in [4.78, 5) is 10.3. The highest BCUT2D eigenvalue weighted by atomic mass is 32.2. The molecule has 1 fully saturated rings. The summed E-state index contributed by atoms with van der Waals surface area (Å²) in [7, 11) is -2.18. The number of nitrogens with zero attached hydrogens (tertiary/aromatic N) is 3. The molecule has 1 aromatic carbocycles. The lowest BCUT2D eigenvalue weighted by Gasteiger charge is -2.19. The summed E-state index contributed by atoms with van der Waals surface area (Å²) in [5.41, 5.74) is 0. The molecule has 1 atom stereocenters. The first-order valence-corrected chi connectivity index (χ1v) is 8.86. The second-order valence-electron chi connectivity index (χ2n) is 5.40. The second kappa shape index (κ2) is 6.70. The summed E-state index contributed by atoms with van der Waals surface area (Å²) in [6, 6.07) is 4.47. The van der Waals surface area contributed by atoms with Crippen LogP contribution in [-0.4, -0.2) is 44.6 Å². The Morgan fingerprint density at radius 3 is 2.67 bits per heavy atom. The van der Waals surface area contributed by atoms with Crippen molar-refractivity contribution < 1.29 is 17.5 Å². The minimum Gasteiger partial charge on any atom is -0.478 e. The first-order valence-electron chi connectivity index (χ1n) is 7.37. The standard InChI is InChI=1S/C15H17FN4O3S/c1-23-15-14(17-7-8-18-15)20-9-6-12(10-20)19-24(21,22)13-4-2-11(16)3-5-13/h2-5,7-8,12,19H,6,9-10H2,1H3. The molecule has 128 valence electrons. The highest BCUT2D eigenvalue weighted by molar-refractivity contribution is 7.89. The maximum Gasteiger partial charge on any atom is 0.257 e. The van der Waals surface area contributed by atoms with Crippen LogP contribution < -0.4 is 14.4 Å². The van der Waals surface area contributed by atoms with E-state index in [0.717, 1.165) is 12.1 Å². The predicted molar refractivity (Wildman–Crippen MR) is 85.9 cm³/mol. The van der Waals surface area contributed by atoms with Gasteiger partial charge in [-0.1, -0.05) is 0 Å². The lowest BCUT2D eigenvalue weighted by molar-refractivity contribution is 0.396. The Bertz CT molecular complexity index is 814. The molecule has 1 aliphatic rings. The van der Waals surface area contributed by atoms with Crippen molar-refractivity contribution in [2.75, 3.05) is 25.1 Å². The zero-order valence-corrected chi connectivity index (χ0v) is 13.8. The van der Waals surface area contributed by atoms with Crippen LogP contribution in [0.5, 0.6) is 5.88 Å². The van der Waals surface area contributed by atoms with E-state index in [2.05, 4.69) is 14.7 Å². The van der Waals surface area contributed by atoms with E-state index < -0.39 is 15.8 Å². The van der Waals surface area contributed by atoms with Crippen molar-refractivity contribution in [3.05, 3.63) is 42.5 Å². The maximum absolute atomic E-state index is 12.9. The van der Waals surface area contributed by atoms with Gasteiger partial charge in [-0.2, -0.15) is 0 Å². The van der Waals surface area contributed by atoms with Crippen molar-refractivity contribution >= 4 is 15.8 Å². The normalized spacial score (nSPS) is 17.9. The smallest absolute Gasteiger partial charge is 0.257 e. The Balaban J connectivity index is 1.71. The van der Waals surface area contributed by atoms with Crippen molar-refractivity contribution in [1.29, 1.82) is 0 Å². The largest absolute Gasteiger partial charge is 0.478 e. The molecule has 3 rings (SSSR count). The Labute approximate surface area is 139 Å². The molecule has 2 aromatic rings. The third kappa shape index (κ3) is 3.46. The molecule has 0 amide bonds. The highest BCUT2D eigenvalue weighted by Crippen LogP contribution is 2.26. The number of anilines is 1. The second-order valence-corrected chi connectivity index (χ2v) is 7.11. The van der Waals surface area contributed by atoms with Crippen LogP contribution >= 0.6 is 0 Å². The van der Waals surface area contributed by atoms with Crippen molar-refractivity contribution in [3.63, 3.8) is 0 Å². The zero-order valence-electron chi connectivity index (χ0n) is 13.0. The van der Waals surface area contributed by atoms with Gasteiger partial charge < -0.3 is 9.64 Å². The van der Waals surface area contributed by atoms with Crippen LogP contribution in [0.4, 0.5) is 10.2 Å². The van der Waals surface area contributed by atoms with E-state index in [-0.39, 0.29) is 10.9 Å². The fraction of sp³-hybridized carbons (Fsp3) is 0.333. The molecule has 1 aromatic heterocycles. The number of hydrogen-bond donors (Lipinski definition) is 1. The number of halogens is 1. The van der Waals surface area contributed by atoms with E-state index >= 15 is 0 Å². The Morgan fingerprint density at radius 2 is 1.96 bits per heavy atom. The number of sulfonamides is 1. The number of rotatable bonds is 5. The van der Waals surface area contributed by atoms with Crippen LogP contribution in [0.15, 0.2) is 41.6 Å². The van der Waals surface area contributed by atoms with Gasteiger partial charge in [0.1, 0.15) is 5.82 Å². The van der Waals surface area contributed by atoms with Gasteiger partial charge in [-0.25, -0.2) is 27.5 Å². The quantitative estimate of drug-likeness (QED) is 0.870. The summed E-state index contributed by atoms with van der Waals surface area (Å²) >= 11 is 0. The van der Waals surface area contributed by atoms with Gasteiger partial charge in [0.15, 0.2) is 5.82 Å². The number of aromatic nitrogens is 2. The molecule has 1 aliphatic heterocycles. The molecule has 7 nitrogen and oxygen atoms in total. The van der Waals surface area contributed by atoms with Crippen LogP contribution in [0.25, 0.3) is 0 Å². The van der Waals surface area contributed by atoms with E-state index in [0.29, 0.717) is 31.2 Å². The van der Waals surface area contributed by atoms with Gasteiger partial charge in [-0.05, 0) is 30.7 Å². The number of ether oxygens (including phenoxy) is 1. The molecule has 1 unspecified atom stereocenters. The van der Waals surface area contributed by atoms with E-state index in [1.807, 2.05) is 4.90 Å². The van der Waals surface area contributed by atoms with Gasteiger partial charge in [0.25, 0.3) is 5.88 Å². The molecule has 0 radical (unpaired) electrons. The van der Waals surface area contributed by atoms with Gasteiger partial charge >= 0.3 is 0 Å². The molecular weight excluding hydrogens is 335 g/mol. The zero-order chi connectivity index (χ0) is 17.2. The third-order valence-electron chi connectivity index (χ3n) is 3.77. The first kappa shape index (κ1) is 16.6. The third-order valence-corrected chi connectivity index (χ3v) is 5.31. The minimum absolute atomic E-state index is 0.0411. The van der Waals surface area contributed by atoms with Gasteiger partial charge in [-0.15, -0.1) is 0 Å². The molecule has 0 saturated carbocycles. The van der Waals surface area contributed by atoms with Crippen LogP contribution in [-0.2, 0) is 10.0 Å². The highest BCUT2D eigenvalue weighted by Gasteiger charge is 2.29. The van der Waals surface area contributed by atoms with Gasteiger partial charge in [0.2, 0.25) is 10.0 Å². The summed E-state index contributed by atoms with van der Waals surface area (Å²) in [6.45, 7) is 1.08. The number of benzene rings is 1. The summed E-state index contributed by atoms with van der Waals surface area (Å²) in [6.07, 6.45) is 3.72. The van der Waals surface area contributed by atoms with Crippen molar-refractivity contribution in [1.82, 2.24) is 14.7 Å². The number of nitrogens with one attached hydrogen (secondary N) is 1. The van der Waals surface area contributed by atoms with Crippen LogP contribution in [0.3, 0.4) is 0 Å². The van der Waals surface area contributed by atoms with Gasteiger partial charge in [0, 0.05) is 31.5 Å². The van der Waals surface area contributed by atoms with E-state index in [1.54, 1.807) is 6.20 Å². The topological polar surface area (TPSA) is 84.4 Å². The molecule has 24 heavy (non-hydrogen) atoms.